The van der Waals surface area contributed by atoms with Gasteiger partial charge in [0.15, 0.2) is 6.61 Å². The molecule has 0 fully saturated rings. The summed E-state index contributed by atoms with van der Waals surface area (Å²) in [7, 11) is 0. The third kappa shape index (κ3) is 5.15. The molecule has 28 heavy (non-hydrogen) atoms. The normalized spacial score (nSPS) is 11.0. The van der Waals surface area contributed by atoms with Crippen LogP contribution in [-0.2, 0) is 4.79 Å². The monoisotopic (exact) mass is 416 g/mol. The molecular weight excluding hydrogens is 399 g/mol. The van der Waals surface area contributed by atoms with Gasteiger partial charge < -0.3 is 9.15 Å². The molecule has 0 saturated carbocycles. The summed E-state index contributed by atoms with van der Waals surface area (Å²) in [5.41, 5.74) is 5.26. The number of amides is 1. The van der Waals surface area contributed by atoms with Crippen LogP contribution in [-0.4, -0.2) is 18.7 Å². The number of furan rings is 1. The van der Waals surface area contributed by atoms with Crippen molar-refractivity contribution >= 4 is 35.3 Å². The molecule has 7 heteroatoms. The molecule has 144 valence electrons. The van der Waals surface area contributed by atoms with E-state index < -0.39 is 0 Å². The Morgan fingerprint density at radius 3 is 2.64 bits per heavy atom. The van der Waals surface area contributed by atoms with Crippen LogP contribution in [0.2, 0.25) is 10.0 Å². The number of hydrogen-bond donors (Lipinski definition) is 1. The van der Waals surface area contributed by atoms with Crippen molar-refractivity contribution in [2.45, 2.75) is 13.8 Å². The Bertz CT molecular complexity index is 1010. The van der Waals surface area contributed by atoms with Gasteiger partial charge in [-0.3, -0.25) is 4.79 Å². The highest BCUT2D eigenvalue weighted by atomic mass is 35.5. The Hall–Kier alpha value is -2.76. The first-order chi connectivity index (χ1) is 13.4. The lowest BCUT2D eigenvalue weighted by Gasteiger charge is -2.09. The van der Waals surface area contributed by atoms with Gasteiger partial charge in [0.1, 0.15) is 17.3 Å². The summed E-state index contributed by atoms with van der Waals surface area (Å²) < 4.78 is 11.2. The molecule has 0 saturated heterocycles. The van der Waals surface area contributed by atoms with E-state index in [0.29, 0.717) is 27.3 Å². The molecule has 5 nitrogen and oxygen atoms in total. The predicted molar refractivity (Wildman–Crippen MR) is 111 cm³/mol. The van der Waals surface area contributed by atoms with Crippen molar-refractivity contribution in [2.75, 3.05) is 6.61 Å². The van der Waals surface area contributed by atoms with Crippen LogP contribution in [0.1, 0.15) is 16.9 Å². The van der Waals surface area contributed by atoms with E-state index in [-0.39, 0.29) is 12.5 Å². The van der Waals surface area contributed by atoms with Crippen LogP contribution in [0.25, 0.3) is 11.3 Å². The van der Waals surface area contributed by atoms with E-state index in [9.17, 15) is 4.79 Å². The first-order valence-corrected chi connectivity index (χ1v) is 9.25. The SMILES string of the molecule is Cc1cccc(OCC(=O)N/N=C\c2ccc(-c3cc(Cl)cc(Cl)c3)o2)c1C. The van der Waals surface area contributed by atoms with Gasteiger partial charge in [-0.1, -0.05) is 35.3 Å². The lowest BCUT2D eigenvalue weighted by atomic mass is 10.1. The number of ether oxygens (including phenoxy) is 1. The minimum Gasteiger partial charge on any atom is -0.483 e. The van der Waals surface area contributed by atoms with Gasteiger partial charge in [0, 0.05) is 15.6 Å². The summed E-state index contributed by atoms with van der Waals surface area (Å²) >= 11 is 12.0. The van der Waals surface area contributed by atoms with Crippen molar-refractivity contribution in [3.8, 4) is 17.1 Å². The molecule has 2 aromatic carbocycles. The van der Waals surface area contributed by atoms with Gasteiger partial charge in [0.05, 0.1) is 6.21 Å². The van der Waals surface area contributed by atoms with Crippen molar-refractivity contribution in [3.05, 3.63) is 75.5 Å². The molecule has 0 atom stereocenters. The minimum absolute atomic E-state index is 0.133. The van der Waals surface area contributed by atoms with Crippen LogP contribution < -0.4 is 10.2 Å². The fourth-order valence-electron chi connectivity index (χ4n) is 2.50. The van der Waals surface area contributed by atoms with Gasteiger partial charge in [-0.25, -0.2) is 5.43 Å². The second-order valence-electron chi connectivity index (χ2n) is 6.14. The van der Waals surface area contributed by atoms with E-state index in [0.717, 1.165) is 16.7 Å². The zero-order chi connectivity index (χ0) is 20.1. The lowest BCUT2D eigenvalue weighted by molar-refractivity contribution is -0.123. The number of hydrogen-bond acceptors (Lipinski definition) is 4. The van der Waals surface area contributed by atoms with E-state index in [2.05, 4.69) is 10.5 Å². The zero-order valence-corrected chi connectivity index (χ0v) is 16.8. The topological polar surface area (TPSA) is 63.8 Å². The molecule has 3 aromatic rings. The number of nitrogens with zero attached hydrogens (tertiary/aromatic N) is 1. The van der Waals surface area contributed by atoms with Gasteiger partial charge >= 0.3 is 0 Å². The fraction of sp³-hybridized carbons (Fsp3) is 0.143. The third-order valence-corrected chi connectivity index (χ3v) is 4.51. The number of benzene rings is 2. The minimum atomic E-state index is -0.370. The number of hydrazone groups is 1. The van der Waals surface area contributed by atoms with Crippen molar-refractivity contribution in [1.82, 2.24) is 5.43 Å². The number of halogens is 2. The fourth-order valence-corrected chi connectivity index (χ4v) is 3.02. The smallest absolute Gasteiger partial charge is 0.277 e. The Morgan fingerprint density at radius 1 is 1.14 bits per heavy atom. The Labute approximate surface area is 172 Å². The molecule has 0 radical (unpaired) electrons. The Kier molecular flexibility index (Phi) is 6.39. The van der Waals surface area contributed by atoms with Crippen LogP contribution in [0, 0.1) is 13.8 Å². The number of rotatable bonds is 6. The van der Waals surface area contributed by atoms with E-state index >= 15 is 0 Å². The molecule has 0 bridgehead atoms. The van der Waals surface area contributed by atoms with Gasteiger partial charge in [-0.15, -0.1) is 0 Å². The van der Waals surface area contributed by atoms with E-state index in [1.807, 2.05) is 32.0 Å². The second-order valence-corrected chi connectivity index (χ2v) is 7.01. The molecule has 1 N–H and O–H groups in total. The molecule has 1 amide bonds. The van der Waals surface area contributed by atoms with Crippen molar-refractivity contribution in [2.24, 2.45) is 5.10 Å². The summed E-state index contributed by atoms with van der Waals surface area (Å²) in [6.07, 6.45) is 1.41. The molecule has 1 aromatic heterocycles. The maximum absolute atomic E-state index is 11.9. The Balaban J connectivity index is 1.55. The van der Waals surface area contributed by atoms with Crippen LogP contribution in [0.5, 0.6) is 5.75 Å². The van der Waals surface area contributed by atoms with Gasteiger partial charge in [0.2, 0.25) is 0 Å². The van der Waals surface area contributed by atoms with E-state index in [1.54, 1.807) is 30.3 Å². The third-order valence-electron chi connectivity index (χ3n) is 4.07. The van der Waals surface area contributed by atoms with Gasteiger partial charge in [-0.2, -0.15) is 5.10 Å². The zero-order valence-electron chi connectivity index (χ0n) is 15.3. The highest BCUT2D eigenvalue weighted by Crippen LogP contribution is 2.28. The molecule has 0 aliphatic rings. The van der Waals surface area contributed by atoms with E-state index in [4.69, 9.17) is 32.4 Å². The summed E-state index contributed by atoms with van der Waals surface area (Å²) in [4.78, 5) is 11.9. The molecule has 3 rings (SSSR count). The summed E-state index contributed by atoms with van der Waals surface area (Å²) in [5, 5.41) is 4.92. The largest absolute Gasteiger partial charge is 0.483 e. The first-order valence-electron chi connectivity index (χ1n) is 8.49. The lowest BCUT2D eigenvalue weighted by Crippen LogP contribution is -2.24. The average Bonchev–Trinajstić information content (AvgIpc) is 3.11. The highest BCUT2D eigenvalue weighted by Gasteiger charge is 2.07. The highest BCUT2D eigenvalue weighted by molar-refractivity contribution is 6.35. The van der Waals surface area contributed by atoms with Crippen LogP contribution >= 0.6 is 23.2 Å². The molecule has 0 aliphatic carbocycles. The summed E-state index contributed by atoms with van der Waals surface area (Å²) in [5.74, 6) is 1.37. The first kappa shape index (κ1) is 20.0. The van der Waals surface area contributed by atoms with E-state index in [1.165, 1.54) is 6.21 Å². The average molecular weight is 417 g/mol. The van der Waals surface area contributed by atoms with Gasteiger partial charge in [-0.05, 0) is 61.4 Å². The number of aryl methyl sites for hydroxylation is 1. The van der Waals surface area contributed by atoms with Crippen LogP contribution in [0.15, 0.2) is 58.0 Å². The number of nitrogens with one attached hydrogen (secondary N) is 1. The Morgan fingerprint density at radius 2 is 1.89 bits per heavy atom. The van der Waals surface area contributed by atoms with Gasteiger partial charge in [0.25, 0.3) is 5.91 Å². The standard InChI is InChI=1S/C21H18Cl2N2O3/c1-13-4-3-5-19(14(13)2)27-12-21(26)25-24-11-18-6-7-20(28-18)15-8-16(22)10-17(23)9-15/h3-11H,12H2,1-2H3,(H,25,26)/b24-11-. The maximum Gasteiger partial charge on any atom is 0.277 e. The van der Waals surface area contributed by atoms with Crippen LogP contribution in [0.3, 0.4) is 0 Å². The summed E-state index contributed by atoms with van der Waals surface area (Å²) in [6.45, 7) is 3.80. The molecule has 1 heterocycles. The van der Waals surface area contributed by atoms with Crippen molar-refractivity contribution < 1.29 is 13.9 Å². The quantitative estimate of drug-likeness (QED) is 0.432. The number of carbonyl (C=O) groups excluding carboxylic acids is 1. The van der Waals surface area contributed by atoms with Crippen LogP contribution in [0.4, 0.5) is 0 Å². The molecule has 0 spiro atoms. The number of carbonyl (C=O) groups is 1. The molecule has 0 aliphatic heterocycles. The second kappa shape index (κ2) is 8.95. The van der Waals surface area contributed by atoms with Crippen molar-refractivity contribution in [1.29, 1.82) is 0 Å². The maximum atomic E-state index is 11.9. The van der Waals surface area contributed by atoms with Crippen molar-refractivity contribution in [3.63, 3.8) is 0 Å². The molecular formula is C21H18Cl2N2O3. The summed E-state index contributed by atoms with van der Waals surface area (Å²) in [6, 6.07) is 14.3. The molecule has 0 unspecified atom stereocenters. The predicted octanol–water partition coefficient (Wildman–Crippen LogP) is 5.40.